The number of aliphatic hydroxyl groups excluding tert-OH is 1. The number of ketones is 1. The Hall–Kier alpha value is -3.22. The summed E-state index contributed by atoms with van der Waals surface area (Å²) in [5.41, 5.74) is 0.403. The lowest BCUT2D eigenvalue weighted by Crippen LogP contribution is -2.35. The maximum absolute atomic E-state index is 12.9. The summed E-state index contributed by atoms with van der Waals surface area (Å²) in [5.74, 6) is -0.175. The van der Waals surface area contributed by atoms with Gasteiger partial charge in [-0.2, -0.15) is 5.26 Å². The molecule has 0 unspecified atom stereocenters. The summed E-state index contributed by atoms with van der Waals surface area (Å²) in [4.78, 5) is 12.9. The van der Waals surface area contributed by atoms with Crippen LogP contribution in [0.3, 0.4) is 0 Å². The van der Waals surface area contributed by atoms with Gasteiger partial charge in [-0.15, -0.1) is 0 Å². The van der Waals surface area contributed by atoms with E-state index in [1.807, 2.05) is 42.5 Å². The van der Waals surface area contributed by atoms with Crippen LogP contribution in [0.2, 0.25) is 0 Å². The molecular formula is C23H19NO2. The Bertz CT molecular complexity index is 901. The van der Waals surface area contributed by atoms with E-state index in [0.29, 0.717) is 16.7 Å². The van der Waals surface area contributed by atoms with Gasteiger partial charge in [-0.3, -0.25) is 4.79 Å². The number of carbonyl (C=O) groups excluding carboxylic acids is 1. The number of hydrogen-bond acceptors (Lipinski definition) is 3. The predicted octanol–water partition coefficient (Wildman–Crippen LogP) is 4.45. The number of aliphatic hydroxyl groups is 1. The number of nitriles is 1. The number of rotatable bonds is 6. The Labute approximate surface area is 153 Å². The van der Waals surface area contributed by atoms with E-state index in [2.05, 4.69) is 6.07 Å². The average molecular weight is 341 g/mol. The van der Waals surface area contributed by atoms with Crippen LogP contribution in [-0.2, 0) is 5.41 Å². The minimum absolute atomic E-state index is 0.104. The summed E-state index contributed by atoms with van der Waals surface area (Å²) >= 11 is 0. The van der Waals surface area contributed by atoms with E-state index in [1.54, 1.807) is 48.5 Å². The van der Waals surface area contributed by atoms with Crippen molar-refractivity contribution >= 4 is 5.78 Å². The summed E-state index contributed by atoms with van der Waals surface area (Å²) in [5, 5.41) is 21.2. The third kappa shape index (κ3) is 3.42. The molecule has 0 saturated heterocycles. The lowest BCUT2D eigenvalue weighted by Gasteiger charge is -2.32. The van der Waals surface area contributed by atoms with Crippen LogP contribution in [0.25, 0.3) is 0 Å². The number of carbonyl (C=O) groups is 1. The van der Waals surface area contributed by atoms with Gasteiger partial charge in [-0.05, 0) is 11.1 Å². The summed E-state index contributed by atoms with van der Waals surface area (Å²) in [6.45, 7) is 0. The van der Waals surface area contributed by atoms with Gasteiger partial charge < -0.3 is 5.11 Å². The van der Waals surface area contributed by atoms with Gasteiger partial charge in [0.2, 0.25) is 0 Å². The highest BCUT2D eigenvalue weighted by molar-refractivity contribution is 5.97. The molecule has 128 valence electrons. The van der Waals surface area contributed by atoms with E-state index >= 15 is 0 Å². The Morgan fingerprint density at radius 3 is 1.92 bits per heavy atom. The second kappa shape index (κ2) is 7.77. The standard InChI is InChI=1S/C23H19NO2/c24-17-23(20-14-8-3-9-15-20,22(26)19-12-6-2-7-13-19)16-21(25)18-10-4-1-5-11-18/h1-15,22,26H,16H2/t22-,23+/m1/s1. The summed E-state index contributed by atoms with van der Waals surface area (Å²) < 4.78 is 0. The number of hydrogen-bond donors (Lipinski definition) is 1. The van der Waals surface area contributed by atoms with Gasteiger partial charge in [0.1, 0.15) is 11.5 Å². The van der Waals surface area contributed by atoms with Crippen LogP contribution >= 0.6 is 0 Å². The molecule has 3 aromatic rings. The highest BCUT2D eigenvalue weighted by atomic mass is 16.3. The first-order chi connectivity index (χ1) is 12.7. The van der Waals surface area contributed by atoms with Gasteiger partial charge in [0.25, 0.3) is 0 Å². The monoisotopic (exact) mass is 341 g/mol. The van der Waals surface area contributed by atoms with Gasteiger partial charge in [-0.25, -0.2) is 0 Å². The van der Waals surface area contributed by atoms with Gasteiger partial charge in [-0.1, -0.05) is 91.0 Å². The lowest BCUT2D eigenvalue weighted by molar-refractivity contribution is 0.0798. The van der Waals surface area contributed by atoms with Crippen molar-refractivity contribution in [1.29, 1.82) is 5.26 Å². The van der Waals surface area contributed by atoms with Crippen molar-refractivity contribution in [3.63, 3.8) is 0 Å². The molecule has 3 rings (SSSR count). The van der Waals surface area contributed by atoms with E-state index in [1.165, 1.54) is 0 Å². The molecule has 0 amide bonds. The molecule has 0 aromatic heterocycles. The van der Waals surface area contributed by atoms with Crippen LogP contribution in [0, 0.1) is 11.3 Å². The van der Waals surface area contributed by atoms with Crippen LogP contribution in [0.5, 0.6) is 0 Å². The number of nitrogens with zero attached hydrogens (tertiary/aromatic N) is 1. The molecule has 0 aliphatic carbocycles. The molecule has 2 atom stereocenters. The van der Waals surface area contributed by atoms with Crippen LogP contribution in [-0.4, -0.2) is 10.9 Å². The van der Waals surface area contributed by atoms with Crippen molar-refractivity contribution in [3.8, 4) is 6.07 Å². The molecule has 0 radical (unpaired) electrons. The van der Waals surface area contributed by atoms with E-state index in [9.17, 15) is 15.2 Å². The first-order valence-electron chi connectivity index (χ1n) is 8.45. The number of benzene rings is 3. The van der Waals surface area contributed by atoms with Crippen molar-refractivity contribution in [2.45, 2.75) is 17.9 Å². The molecule has 0 spiro atoms. The zero-order valence-corrected chi connectivity index (χ0v) is 14.2. The van der Waals surface area contributed by atoms with Crippen molar-refractivity contribution in [3.05, 3.63) is 108 Å². The van der Waals surface area contributed by atoms with Crippen LogP contribution in [0.1, 0.15) is 34.0 Å². The predicted molar refractivity (Wildman–Crippen MR) is 101 cm³/mol. The first kappa shape index (κ1) is 17.6. The minimum Gasteiger partial charge on any atom is -0.386 e. The summed E-state index contributed by atoms with van der Waals surface area (Å²) in [6.07, 6.45) is -1.23. The third-order valence-corrected chi connectivity index (χ3v) is 4.61. The molecule has 1 N–H and O–H groups in total. The second-order valence-electron chi connectivity index (χ2n) is 6.23. The summed E-state index contributed by atoms with van der Waals surface area (Å²) in [6, 6.07) is 29.2. The highest BCUT2D eigenvalue weighted by Crippen LogP contribution is 2.40. The van der Waals surface area contributed by atoms with Gasteiger partial charge >= 0.3 is 0 Å². The molecule has 26 heavy (non-hydrogen) atoms. The number of Topliss-reactive ketones (excluding diaryl/α,β-unsaturated/α-hetero) is 1. The van der Waals surface area contributed by atoms with E-state index in [-0.39, 0.29) is 12.2 Å². The molecule has 0 aliphatic rings. The lowest BCUT2D eigenvalue weighted by atomic mass is 9.70. The smallest absolute Gasteiger partial charge is 0.164 e. The largest absolute Gasteiger partial charge is 0.386 e. The maximum Gasteiger partial charge on any atom is 0.164 e. The summed E-state index contributed by atoms with van der Waals surface area (Å²) in [7, 11) is 0. The van der Waals surface area contributed by atoms with Crippen molar-refractivity contribution in [1.82, 2.24) is 0 Å². The van der Waals surface area contributed by atoms with Gasteiger partial charge in [0, 0.05) is 12.0 Å². The first-order valence-corrected chi connectivity index (χ1v) is 8.45. The fraction of sp³-hybridized carbons (Fsp3) is 0.130. The Morgan fingerprint density at radius 1 is 0.885 bits per heavy atom. The van der Waals surface area contributed by atoms with Crippen LogP contribution in [0.15, 0.2) is 91.0 Å². The normalized spacial score (nSPS) is 14.0. The fourth-order valence-electron chi connectivity index (χ4n) is 3.16. The van der Waals surface area contributed by atoms with Gasteiger partial charge in [0.05, 0.1) is 6.07 Å². The minimum atomic E-state index is -1.37. The molecule has 0 saturated carbocycles. The fourth-order valence-corrected chi connectivity index (χ4v) is 3.16. The van der Waals surface area contributed by atoms with Crippen LogP contribution in [0.4, 0.5) is 0 Å². The highest BCUT2D eigenvalue weighted by Gasteiger charge is 2.43. The molecule has 0 heterocycles. The molecule has 0 bridgehead atoms. The van der Waals surface area contributed by atoms with Crippen molar-refractivity contribution < 1.29 is 9.90 Å². The second-order valence-corrected chi connectivity index (χ2v) is 6.23. The zero-order valence-electron chi connectivity index (χ0n) is 14.2. The molecule has 3 heteroatoms. The average Bonchev–Trinajstić information content (AvgIpc) is 2.73. The molecule has 3 nitrogen and oxygen atoms in total. The van der Waals surface area contributed by atoms with E-state index < -0.39 is 11.5 Å². The Morgan fingerprint density at radius 2 is 1.38 bits per heavy atom. The topological polar surface area (TPSA) is 61.1 Å². The van der Waals surface area contributed by atoms with Gasteiger partial charge in [0.15, 0.2) is 5.78 Å². The Kier molecular flexibility index (Phi) is 5.26. The molecule has 0 fully saturated rings. The zero-order chi connectivity index (χ0) is 18.4. The molecular weight excluding hydrogens is 322 g/mol. The van der Waals surface area contributed by atoms with E-state index in [4.69, 9.17) is 0 Å². The van der Waals surface area contributed by atoms with Crippen LogP contribution < -0.4 is 0 Å². The van der Waals surface area contributed by atoms with E-state index in [0.717, 1.165) is 0 Å². The third-order valence-electron chi connectivity index (χ3n) is 4.61. The molecule has 3 aromatic carbocycles. The van der Waals surface area contributed by atoms with Crippen molar-refractivity contribution in [2.75, 3.05) is 0 Å². The Balaban J connectivity index is 2.07. The molecule has 0 aliphatic heterocycles. The van der Waals surface area contributed by atoms with Crippen molar-refractivity contribution in [2.24, 2.45) is 0 Å². The quantitative estimate of drug-likeness (QED) is 0.674. The maximum atomic E-state index is 12.9. The SMILES string of the molecule is N#C[C@@](CC(=O)c1ccccc1)(c1ccccc1)[C@H](O)c1ccccc1.